The van der Waals surface area contributed by atoms with Gasteiger partial charge in [0.25, 0.3) is 5.91 Å². The minimum atomic E-state index is -0.633. The lowest BCUT2D eigenvalue weighted by Crippen LogP contribution is -2.66. The van der Waals surface area contributed by atoms with Gasteiger partial charge in [-0.15, -0.1) is 0 Å². The number of nitrogens with two attached hydrogens (primary N) is 1. The number of hydrogen-bond donors (Lipinski definition) is 2. The summed E-state index contributed by atoms with van der Waals surface area (Å²) in [7, 11) is 0. The van der Waals surface area contributed by atoms with E-state index in [9.17, 15) is 14.0 Å². The monoisotopic (exact) mass is 499 g/mol. The van der Waals surface area contributed by atoms with Gasteiger partial charge in [-0.1, -0.05) is 25.4 Å². The van der Waals surface area contributed by atoms with Crippen molar-refractivity contribution in [2.75, 3.05) is 6.54 Å². The van der Waals surface area contributed by atoms with E-state index < -0.39 is 11.7 Å². The third-order valence-corrected chi connectivity index (χ3v) is 8.99. The minimum absolute atomic E-state index is 0.0529. The normalized spacial score (nSPS) is 33.0. The lowest BCUT2D eigenvalue weighted by Gasteiger charge is -2.65. The maximum Gasteiger partial charge on any atom is 0.318 e. The fourth-order valence-corrected chi connectivity index (χ4v) is 8.67. The van der Waals surface area contributed by atoms with E-state index in [1.165, 1.54) is 37.5 Å². The van der Waals surface area contributed by atoms with Gasteiger partial charge in [-0.3, -0.25) is 9.48 Å². The molecule has 4 atom stereocenters. The van der Waals surface area contributed by atoms with Crippen LogP contribution in [0.25, 0.3) is 11.3 Å². The highest BCUT2D eigenvalue weighted by molar-refractivity contribution is 6.31. The number of halogens is 2. The van der Waals surface area contributed by atoms with Crippen molar-refractivity contribution in [1.29, 1.82) is 0 Å². The summed E-state index contributed by atoms with van der Waals surface area (Å²) >= 11 is 5.97. The van der Waals surface area contributed by atoms with E-state index >= 15 is 0 Å². The molecule has 1 aromatic heterocycles. The Morgan fingerprint density at radius 1 is 1.14 bits per heavy atom. The van der Waals surface area contributed by atoms with Crippen LogP contribution in [-0.2, 0) is 13.1 Å². The summed E-state index contributed by atoms with van der Waals surface area (Å²) in [6.45, 7) is 5.94. The van der Waals surface area contributed by atoms with Gasteiger partial charge in [0.15, 0.2) is 0 Å². The van der Waals surface area contributed by atoms with Gasteiger partial charge in [-0.05, 0) is 73.5 Å². The van der Waals surface area contributed by atoms with Crippen molar-refractivity contribution in [3.8, 4) is 11.3 Å². The van der Waals surface area contributed by atoms with Crippen LogP contribution in [0.1, 0.15) is 68.4 Å². The molecule has 9 heteroatoms. The Hall–Kier alpha value is -2.61. The molecule has 5 aliphatic rings. The minimum Gasteiger partial charge on any atom is -0.365 e. The Kier molecular flexibility index (Phi) is 4.86. The lowest BCUT2D eigenvalue weighted by atomic mass is 9.43. The number of aromatic nitrogens is 2. The Morgan fingerprint density at radius 3 is 2.49 bits per heavy atom. The molecule has 35 heavy (non-hydrogen) atoms. The van der Waals surface area contributed by atoms with Crippen LogP contribution in [0, 0.1) is 22.6 Å². The van der Waals surface area contributed by atoms with Gasteiger partial charge in [-0.2, -0.15) is 5.10 Å². The number of primary amides is 1. The lowest BCUT2D eigenvalue weighted by molar-refractivity contribution is -0.114. The average Bonchev–Trinajstić information content (AvgIpc) is 3.11. The van der Waals surface area contributed by atoms with E-state index in [2.05, 4.69) is 24.3 Å². The molecule has 4 bridgehead atoms. The SMILES string of the molecule is C[C@]12C[C@H]3CC(NC(=O)N4CCn5nc(-c6ccc(F)c(Cl)c6)c(C(N)=O)c5C4)(C1)C[C@@](C)(C3)C2. The predicted molar refractivity (Wildman–Crippen MR) is 130 cm³/mol. The quantitative estimate of drug-likeness (QED) is 0.640. The van der Waals surface area contributed by atoms with Crippen molar-refractivity contribution < 1.29 is 14.0 Å². The molecule has 1 aliphatic heterocycles. The van der Waals surface area contributed by atoms with Crippen LogP contribution in [0.2, 0.25) is 5.02 Å². The molecule has 186 valence electrons. The van der Waals surface area contributed by atoms with Crippen LogP contribution >= 0.6 is 11.6 Å². The highest BCUT2D eigenvalue weighted by Gasteiger charge is 2.60. The number of urea groups is 1. The zero-order valence-corrected chi connectivity index (χ0v) is 20.9. The van der Waals surface area contributed by atoms with Crippen LogP contribution < -0.4 is 11.1 Å². The van der Waals surface area contributed by atoms with Gasteiger partial charge in [0.1, 0.15) is 11.5 Å². The Bertz CT molecular complexity index is 1240. The molecule has 1 aromatic carbocycles. The summed E-state index contributed by atoms with van der Waals surface area (Å²) in [4.78, 5) is 27.8. The van der Waals surface area contributed by atoms with Crippen molar-refractivity contribution in [2.24, 2.45) is 22.5 Å². The molecular weight excluding hydrogens is 469 g/mol. The van der Waals surface area contributed by atoms with E-state index in [1.54, 1.807) is 9.58 Å². The van der Waals surface area contributed by atoms with E-state index in [4.69, 9.17) is 17.3 Å². The van der Waals surface area contributed by atoms with Crippen LogP contribution in [-0.4, -0.2) is 38.7 Å². The van der Waals surface area contributed by atoms with Crippen LogP contribution in [0.5, 0.6) is 0 Å². The topological polar surface area (TPSA) is 93.2 Å². The van der Waals surface area contributed by atoms with Crippen molar-refractivity contribution in [3.05, 3.63) is 40.3 Å². The highest BCUT2D eigenvalue weighted by atomic mass is 35.5. The molecule has 7 nitrogen and oxygen atoms in total. The van der Waals surface area contributed by atoms with Gasteiger partial charge in [0.2, 0.25) is 0 Å². The molecule has 4 saturated carbocycles. The number of fused-ring (bicyclic) bond motifs is 1. The van der Waals surface area contributed by atoms with Crippen molar-refractivity contribution in [1.82, 2.24) is 20.0 Å². The Morgan fingerprint density at radius 2 is 1.86 bits per heavy atom. The summed E-state index contributed by atoms with van der Waals surface area (Å²) in [6, 6.07) is 4.12. The molecule has 3 amide bonds. The summed E-state index contributed by atoms with van der Waals surface area (Å²) < 4.78 is 15.4. The maximum atomic E-state index is 13.7. The fraction of sp³-hybridized carbons (Fsp3) is 0.577. The van der Waals surface area contributed by atoms with E-state index in [0.29, 0.717) is 46.8 Å². The number of nitrogens with one attached hydrogen (secondary N) is 1. The number of carbonyl (C=O) groups excluding carboxylic acids is 2. The first-order chi connectivity index (χ1) is 16.5. The third kappa shape index (κ3) is 3.72. The molecule has 3 N–H and O–H groups in total. The summed E-state index contributed by atoms with van der Waals surface area (Å²) in [5.41, 5.74) is 7.92. The standard InChI is InChI=1S/C26H31ClFN5O2/c1-24-8-15-9-25(2,12-24)14-26(10-15,13-24)30-23(35)32-5-6-33-19(11-32)20(22(29)34)21(31-33)16-3-4-18(28)17(27)7-16/h3-4,7,15H,5-6,8-14H2,1-2H3,(H2,29,34)(H,30,35)/t15-,24-,25+,26?. The summed E-state index contributed by atoms with van der Waals surface area (Å²) in [6.07, 6.45) is 6.90. The van der Waals surface area contributed by atoms with Crippen LogP contribution in [0.15, 0.2) is 18.2 Å². The van der Waals surface area contributed by atoms with Gasteiger partial charge in [0.05, 0.1) is 29.4 Å². The van der Waals surface area contributed by atoms with Gasteiger partial charge < -0.3 is 16.0 Å². The molecule has 0 spiro atoms. The molecular formula is C26H31ClFN5O2. The van der Waals surface area contributed by atoms with Crippen LogP contribution in [0.3, 0.4) is 0 Å². The van der Waals surface area contributed by atoms with Gasteiger partial charge in [0, 0.05) is 17.6 Å². The number of carbonyl (C=O) groups is 2. The first-order valence-electron chi connectivity index (χ1n) is 12.4. The van der Waals surface area contributed by atoms with Gasteiger partial charge >= 0.3 is 6.03 Å². The first-order valence-corrected chi connectivity index (χ1v) is 12.8. The molecule has 4 fully saturated rings. The number of nitrogens with zero attached hydrogens (tertiary/aromatic N) is 3. The second-order valence-electron chi connectivity index (χ2n) is 12.1. The maximum absolute atomic E-state index is 13.7. The number of rotatable bonds is 3. The molecule has 1 unspecified atom stereocenters. The summed E-state index contributed by atoms with van der Waals surface area (Å²) in [5.74, 6) is -0.503. The van der Waals surface area contributed by atoms with E-state index in [-0.39, 0.29) is 28.7 Å². The largest absolute Gasteiger partial charge is 0.365 e. The Balaban J connectivity index is 1.27. The fourth-order valence-electron chi connectivity index (χ4n) is 8.49. The number of benzene rings is 1. The predicted octanol–water partition coefficient (Wildman–Crippen LogP) is 4.72. The number of amides is 3. The smallest absolute Gasteiger partial charge is 0.318 e. The van der Waals surface area contributed by atoms with Crippen molar-refractivity contribution >= 4 is 23.5 Å². The molecule has 2 aromatic rings. The molecule has 0 radical (unpaired) electrons. The highest BCUT2D eigenvalue weighted by Crippen LogP contribution is 2.66. The van der Waals surface area contributed by atoms with E-state index in [1.807, 2.05) is 0 Å². The molecule has 0 saturated heterocycles. The molecule has 7 rings (SSSR count). The molecule has 4 aliphatic carbocycles. The molecule has 2 heterocycles. The third-order valence-electron chi connectivity index (χ3n) is 8.71. The van der Waals surface area contributed by atoms with Crippen LogP contribution in [0.4, 0.5) is 9.18 Å². The Labute approximate surface area is 209 Å². The average molecular weight is 500 g/mol. The second-order valence-corrected chi connectivity index (χ2v) is 12.6. The first kappa shape index (κ1) is 22.8. The van der Waals surface area contributed by atoms with Crippen molar-refractivity contribution in [3.63, 3.8) is 0 Å². The van der Waals surface area contributed by atoms with Gasteiger partial charge in [-0.25, -0.2) is 9.18 Å². The van der Waals surface area contributed by atoms with Crippen molar-refractivity contribution in [2.45, 2.75) is 71.0 Å². The zero-order chi connectivity index (χ0) is 24.8. The number of hydrogen-bond acceptors (Lipinski definition) is 3. The second kappa shape index (κ2) is 7.45. The zero-order valence-electron chi connectivity index (χ0n) is 20.2. The summed E-state index contributed by atoms with van der Waals surface area (Å²) in [5, 5.41) is 7.99. The van der Waals surface area contributed by atoms with E-state index in [0.717, 1.165) is 19.3 Å².